The first-order valence-corrected chi connectivity index (χ1v) is 7.25. The third kappa shape index (κ3) is 3.12. The molecule has 0 atom stereocenters. The molecule has 0 aliphatic carbocycles. The maximum atomic E-state index is 12.3. The molecule has 1 heterocycles. The lowest BCUT2D eigenvalue weighted by Crippen LogP contribution is -2.28. The largest absolute Gasteiger partial charge is 0.497 e. The summed E-state index contributed by atoms with van der Waals surface area (Å²) in [6, 6.07) is 11.7. The Morgan fingerprint density at radius 2 is 1.83 bits per heavy atom. The number of hydrogen-bond acceptors (Lipinski definition) is 5. The van der Waals surface area contributed by atoms with E-state index in [0.717, 1.165) is 5.56 Å². The summed E-state index contributed by atoms with van der Waals surface area (Å²) in [5.74, 6) is 0.497. The van der Waals surface area contributed by atoms with Gasteiger partial charge in [-0.15, -0.1) is 0 Å². The van der Waals surface area contributed by atoms with Crippen LogP contribution in [0, 0.1) is 0 Å². The molecule has 3 rings (SSSR count). The molecule has 1 aliphatic heterocycles. The van der Waals surface area contributed by atoms with Gasteiger partial charge < -0.3 is 14.2 Å². The van der Waals surface area contributed by atoms with Gasteiger partial charge in [-0.25, -0.2) is 9.79 Å². The summed E-state index contributed by atoms with van der Waals surface area (Å²) >= 11 is 0. The highest BCUT2D eigenvalue weighted by Crippen LogP contribution is 2.28. The minimum Gasteiger partial charge on any atom is -0.497 e. The molecule has 0 aromatic heterocycles. The summed E-state index contributed by atoms with van der Waals surface area (Å²) in [4.78, 5) is 28.3. The maximum absolute atomic E-state index is 12.3. The van der Waals surface area contributed by atoms with Gasteiger partial charge in [0.05, 0.1) is 14.2 Å². The average molecular weight is 325 g/mol. The molecule has 0 spiro atoms. The van der Waals surface area contributed by atoms with Gasteiger partial charge in [0.15, 0.2) is 0 Å². The third-order valence-corrected chi connectivity index (χ3v) is 3.62. The molecule has 0 saturated heterocycles. The number of carbonyl (C=O) groups is 2. The lowest BCUT2D eigenvalue weighted by Gasteiger charge is -2.17. The Morgan fingerprint density at radius 3 is 2.58 bits per heavy atom. The van der Waals surface area contributed by atoms with Crippen LogP contribution in [0.4, 0.5) is 0 Å². The quantitative estimate of drug-likeness (QED) is 0.640. The highest BCUT2D eigenvalue weighted by molar-refractivity contribution is 6.40. The Balaban J connectivity index is 1.89. The Bertz CT molecular complexity index is 841. The molecule has 0 unspecified atom stereocenters. The van der Waals surface area contributed by atoms with Gasteiger partial charge in [0.2, 0.25) is 0 Å². The van der Waals surface area contributed by atoms with Crippen molar-refractivity contribution >= 4 is 17.6 Å². The van der Waals surface area contributed by atoms with Crippen molar-refractivity contribution in [2.75, 3.05) is 14.2 Å². The Labute approximate surface area is 138 Å². The van der Waals surface area contributed by atoms with Gasteiger partial charge in [-0.1, -0.05) is 6.07 Å². The second-order valence-corrected chi connectivity index (χ2v) is 5.14. The molecule has 1 aliphatic rings. The number of nitrogens with zero attached hydrogens (tertiary/aromatic N) is 1. The number of hydrogen-bond donors (Lipinski definition) is 0. The first-order valence-electron chi connectivity index (χ1n) is 7.25. The van der Waals surface area contributed by atoms with Crippen LogP contribution in [0.15, 0.2) is 47.5 Å². The second kappa shape index (κ2) is 6.54. The maximum Gasteiger partial charge on any atom is 0.358 e. The molecule has 6 heteroatoms. The van der Waals surface area contributed by atoms with Crippen LogP contribution in [0.5, 0.6) is 17.2 Å². The number of carbonyl (C=O) groups excluding carboxylic acids is 2. The van der Waals surface area contributed by atoms with Crippen LogP contribution < -0.4 is 14.2 Å². The molecule has 0 saturated carbocycles. The number of esters is 1. The minimum atomic E-state index is -0.621. The number of rotatable bonds is 3. The number of aliphatic imine (C=N–C) groups is 1. The van der Waals surface area contributed by atoms with Crippen LogP contribution in [0.2, 0.25) is 0 Å². The lowest BCUT2D eigenvalue weighted by molar-refractivity contribution is -0.127. The van der Waals surface area contributed by atoms with E-state index < -0.39 is 11.9 Å². The standard InChI is InChI=1S/C18H15NO5/c1-22-13-5-3-4-11(8-13)17(20)19-15-10-12-9-14(23-2)6-7-16(12)24-18(15)21/h3-9H,10H2,1-2H3. The van der Waals surface area contributed by atoms with Crippen molar-refractivity contribution in [1.82, 2.24) is 0 Å². The first kappa shape index (κ1) is 15.7. The van der Waals surface area contributed by atoms with Gasteiger partial charge in [0.1, 0.15) is 23.0 Å². The van der Waals surface area contributed by atoms with E-state index in [1.165, 1.54) is 7.11 Å². The Morgan fingerprint density at radius 1 is 1.08 bits per heavy atom. The highest BCUT2D eigenvalue weighted by atomic mass is 16.5. The van der Waals surface area contributed by atoms with Crippen LogP contribution in [0.25, 0.3) is 0 Å². The fraction of sp³-hybridized carbons (Fsp3) is 0.167. The van der Waals surface area contributed by atoms with Gasteiger partial charge in [0.25, 0.3) is 5.91 Å². The van der Waals surface area contributed by atoms with Crippen molar-refractivity contribution in [3.63, 3.8) is 0 Å². The van der Waals surface area contributed by atoms with Gasteiger partial charge >= 0.3 is 5.97 Å². The number of benzene rings is 2. The van der Waals surface area contributed by atoms with Crippen molar-refractivity contribution in [3.8, 4) is 17.2 Å². The van der Waals surface area contributed by atoms with Crippen molar-refractivity contribution in [2.45, 2.75) is 6.42 Å². The number of methoxy groups -OCH3 is 2. The Hall–Kier alpha value is -3.15. The second-order valence-electron chi connectivity index (χ2n) is 5.14. The molecular weight excluding hydrogens is 310 g/mol. The van der Waals surface area contributed by atoms with Crippen LogP contribution in [-0.4, -0.2) is 31.8 Å². The molecule has 2 aromatic rings. The van der Waals surface area contributed by atoms with E-state index in [4.69, 9.17) is 14.2 Å². The molecule has 0 radical (unpaired) electrons. The van der Waals surface area contributed by atoms with Crippen molar-refractivity contribution in [1.29, 1.82) is 0 Å². The fourth-order valence-electron chi connectivity index (χ4n) is 2.36. The predicted octanol–water partition coefficient (Wildman–Crippen LogP) is 2.45. The third-order valence-electron chi connectivity index (χ3n) is 3.62. The summed E-state index contributed by atoms with van der Waals surface area (Å²) in [5.41, 5.74) is 1.14. The van der Waals surface area contributed by atoms with E-state index >= 15 is 0 Å². The summed E-state index contributed by atoms with van der Waals surface area (Å²) in [6.07, 6.45) is 0.209. The van der Waals surface area contributed by atoms with Crippen molar-refractivity contribution < 1.29 is 23.8 Å². The van der Waals surface area contributed by atoms with Crippen molar-refractivity contribution in [3.05, 3.63) is 53.6 Å². The van der Waals surface area contributed by atoms with E-state index in [1.54, 1.807) is 49.6 Å². The molecule has 2 aromatic carbocycles. The van der Waals surface area contributed by atoms with E-state index in [0.29, 0.717) is 22.8 Å². The molecule has 6 nitrogen and oxygen atoms in total. The zero-order valence-electron chi connectivity index (χ0n) is 13.2. The molecule has 1 amide bonds. The SMILES string of the molecule is COc1cccc(C(=O)N=C2Cc3cc(OC)ccc3OC2=O)c1. The highest BCUT2D eigenvalue weighted by Gasteiger charge is 2.25. The van der Waals surface area contributed by atoms with Crippen LogP contribution in [-0.2, 0) is 11.2 Å². The smallest absolute Gasteiger partial charge is 0.358 e. The zero-order valence-corrected chi connectivity index (χ0v) is 13.2. The number of ether oxygens (including phenoxy) is 3. The summed E-state index contributed by atoms with van der Waals surface area (Å²) < 4.78 is 15.5. The molecule has 122 valence electrons. The van der Waals surface area contributed by atoms with E-state index in [-0.39, 0.29) is 12.1 Å². The number of fused-ring (bicyclic) bond motifs is 1. The molecule has 24 heavy (non-hydrogen) atoms. The van der Waals surface area contributed by atoms with Gasteiger partial charge in [0, 0.05) is 17.5 Å². The normalized spacial score (nSPS) is 14.8. The minimum absolute atomic E-state index is 0.0589. The van der Waals surface area contributed by atoms with Gasteiger partial charge in [-0.2, -0.15) is 0 Å². The number of amides is 1. The fourth-order valence-corrected chi connectivity index (χ4v) is 2.36. The predicted molar refractivity (Wildman–Crippen MR) is 87.1 cm³/mol. The van der Waals surface area contributed by atoms with Gasteiger partial charge in [-0.3, -0.25) is 4.79 Å². The molecule has 0 bridgehead atoms. The topological polar surface area (TPSA) is 74.2 Å². The van der Waals surface area contributed by atoms with E-state index in [9.17, 15) is 9.59 Å². The Kier molecular flexibility index (Phi) is 4.29. The lowest BCUT2D eigenvalue weighted by atomic mass is 10.0. The molecule has 0 fully saturated rings. The van der Waals surface area contributed by atoms with E-state index in [2.05, 4.69) is 4.99 Å². The summed E-state index contributed by atoms with van der Waals surface area (Å²) in [7, 11) is 3.07. The monoisotopic (exact) mass is 325 g/mol. The van der Waals surface area contributed by atoms with Crippen LogP contribution in [0.3, 0.4) is 0 Å². The average Bonchev–Trinajstić information content (AvgIpc) is 2.62. The van der Waals surface area contributed by atoms with Crippen LogP contribution >= 0.6 is 0 Å². The zero-order chi connectivity index (χ0) is 17.1. The summed E-state index contributed by atoms with van der Waals surface area (Å²) in [5, 5.41) is 0. The van der Waals surface area contributed by atoms with Crippen LogP contribution in [0.1, 0.15) is 15.9 Å². The summed E-state index contributed by atoms with van der Waals surface area (Å²) in [6.45, 7) is 0. The first-order chi connectivity index (χ1) is 11.6. The van der Waals surface area contributed by atoms with E-state index in [1.807, 2.05) is 0 Å². The molecule has 0 N–H and O–H groups in total. The molecular formula is C18H15NO5. The van der Waals surface area contributed by atoms with Crippen molar-refractivity contribution in [2.24, 2.45) is 4.99 Å². The van der Waals surface area contributed by atoms with Gasteiger partial charge in [-0.05, 0) is 36.4 Å².